The van der Waals surface area contributed by atoms with Gasteiger partial charge >= 0.3 is 0 Å². The Balaban J connectivity index is 1.95. The standard InChI is InChI=1S/C20H27NO3/c1-3-23-15-18(21)13-17-9-10-19(22-2)20(14-17)24-12-11-16-7-5-4-6-8-16/h4-10,14,18H,3,11-13,15,21H2,1-2H3. The van der Waals surface area contributed by atoms with Crippen molar-refractivity contribution < 1.29 is 14.2 Å². The molecule has 0 fully saturated rings. The summed E-state index contributed by atoms with van der Waals surface area (Å²) in [5.74, 6) is 1.50. The summed E-state index contributed by atoms with van der Waals surface area (Å²) in [5, 5.41) is 0. The topological polar surface area (TPSA) is 53.7 Å². The zero-order valence-electron chi connectivity index (χ0n) is 14.5. The first-order valence-electron chi connectivity index (χ1n) is 8.40. The van der Waals surface area contributed by atoms with Gasteiger partial charge in [0.2, 0.25) is 0 Å². The van der Waals surface area contributed by atoms with Crippen molar-refractivity contribution in [3.63, 3.8) is 0 Å². The van der Waals surface area contributed by atoms with Crippen molar-refractivity contribution in [1.29, 1.82) is 0 Å². The SMILES string of the molecule is CCOCC(N)Cc1ccc(OC)c(OCCc2ccccc2)c1. The van der Waals surface area contributed by atoms with Gasteiger partial charge in [-0.05, 0) is 36.6 Å². The Kier molecular flexibility index (Phi) is 7.59. The molecule has 0 aliphatic rings. The van der Waals surface area contributed by atoms with Crippen LogP contribution in [0.25, 0.3) is 0 Å². The fourth-order valence-corrected chi connectivity index (χ4v) is 2.52. The predicted octanol–water partition coefficient (Wildman–Crippen LogP) is 3.22. The zero-order chi connectivity index (χ0) is 17.2. The van der Waals surface area contributed by atoms with Gasteiger partial charge in [-0.25, -0.2) is 0 Å². The molecule has 2 aromatic carbocycles. The smallest absolute Gasteiger partial charge is 0.161 e. The Morgan fingerprint density at radius 2 is 1.79 bits per heavy atom. The highest BCUT2D eigenvalue weighted by Crippen LogP contribution is 2.28. The van der Waals surface area contributed by atoms with Gasteiger partial charge in [0.1, 0.15) is 0 Å². The summed E-state index contributed by atoms with van der Waals surface area (Å²) >= 11 is 0. The van der Waals surface area contributed by atoms with Crippen LogP contribution in [0.4, 0.5) is 0 Å². The highest BCUT2D eigenvalue weighted by Gasteiger charge is 2.09. The van der Waals surface area contributed by atoms with Crippen LogP contribution in [0, 0.1) is 0 Å². The third-order valence-electron chi connectivity index (χ3n) is 3.75. The quantitative estimate of drug-likeness (QED) is 0.727. The number of benzene rings is 2. The van der Waals surface area contributed by atoms with Gasteiger partial charge in [-0.3, -0.25) is 0 Å². The first-order chi connectivity index (χ1) is 11.7. The molecule has 0 saturated carbocycles. The summed E-state index contributed by atoms with van der Waals surface area (Å²) in [6.45, 7) is 3.82. The maximum atomic E-state index is 6.09. The molecule has 24 heavy (non-hydrogen) atoms. The van der Waals surface area contributed by atoms with Crippen molar-refractivity contribution in [1.82, 2.24) is 0 Å². The second-order valence-corrected chi connectivity index (χ2v) is 5.69. The summed E-state index contributed by atoms with van der Waals surface area (Å²) < 4.78 is 16.7. The lowest BCUT2D eigenvalue weighted by molar-refractivity contribution is 0.133. The Bertz CT molecular complexity index is 601. The van der Waals surface area contributed by atoms with Gasteiger partial charge in [0.15, 0.2) is 11.5 Å². The van der Waals surface area contributed by atoms with Crippen molar-refractivity contribution in [2.75, 3.05) is 26.9 Å². The summed E-state index contributed by atoms with van der Waals surface area (Å²) in [4.78, 5) is 0. The predicted molar refractivity (Wildman–Crippen MR) is 96.8 cm³/mol. The average molecular weight is 329 g/mol. The minimum Gasteiger partial charge on any atom is -0.493 e. The second kappa shape index (κ2) is 9.96. The Labute approximate surface area is 144 Å². The van der Waals surface area contributed by atoms with Crippen LogP contribution in [-0.2, 0) is 17.6 Å². The van der Waals surface area contributed by atoms with Crippen molar-refractivity contribution in [3.05, 3.63) is 59.7 Å². The fourth-order valence-electron chi connectivity index (χ4n) is 2.52. The summed E-state index contributed by atoms with van der Waals surface area (Å²) in [7, 11) is 1.65. The van der Waals surface area contributed by atoms with Crippen LogP contribution in [0.15, 0.2) is 48.5 Å². The number of nitrogens with two attached hydrogens (primary N) is 1. The van der Waals surface area contributed by atoms with Gasteiger partial charge < -0.3 is 19.9 Å². The monoisotopic (exact) mass is 329 g/mol. The largest absolute Gasteiger partial charge is 0.493 e. The fraction of sp³-hybridized carbons (Fsp3) is 0.400. The molecule has 130 valence electrons. The van der Waals surface area contributed by atoms with Gasteiger partial charge in [-0.15, -0.1) is 0 Å². The van der Waals surface area contributed by atoms with Crippen LogP contribution >= 0.6 is 0 Å². The first-order valence-corrected chi connectivity index (χ1v) is 8.40. The van der Waals surface area contributed by atoms with E-state index in [2.05, 4.69) is 12.1 Å². The maximum absolute atomic E-state index is 6.09. The molecule has 0 saturated heterocycles. The first kappa shape index (κ1) is 18.3. The lowest BCUT2D eigenvalue weighted by Crippen LogP contribution is -2.28. The van der Waals surface area contributed by atoms with Gasteiger partial charge in [-0.1, -0.05) is 36.4 Å². The number of rotatable bonds is 10. The molecule has 2 rings (SSSR count). The molecule has 0 bridgehead atoms. The van der Waals surface area contributed by atoms with Crippen molar-refractivity contribution in [3.8, 4) is 11.5 Å². The normalized spacial score (nSPS) is 12.0. The van der Waals surface area contributed by atoms with E-state index in [4.69, 9.17) is 19.9 Å². The molecular weight excluding hydrogens is 302 g/mol. The van der Waals surface area contributed by atoms with Gasteiger partial charge in [0.25, 0.3) is 0 Å². The van der Waals surface area contributed by atoms with Crippen molar-refractivity contribution in [2.45, 2.75) is 25.8 Å². The molecule has 2 N–H and O–H groups in total. The summed E-state index contributed by atoms with van der Waals surface area (Å²) in [6, 6.07) is 16.2. The number of hydrogen-bond donors (Lipinski definition) is 1. The maximum Gasteiger partial charge on any atom is 0.161 e. The molecule has 0 amide bonds. The Morgan fingerprint density at radius 3 is 2.50 bits per heavy atom. The van der Waals surface area contributed by atoms with Crippen LogP contribution in [0.1, 0.15) is 18.1 Å². The highest BCUT2D eigenvalue weighted by molar-refractivity contribution is 5.43. The number of ether oxygens (including phenoxy) is 3. The molecular formula is C20H27NO3. The molecule has 2 aromatic rings. The lowest BCUT2D eigenvalue weighted by Gasteiger charge is -2.15. The van der Waals surface area contributed by atoms with Crippen LogP contribution in [0.2, 0.25) is 0 Å². The molecule has 0 spiro atoms. The van der Waals surface area contributed by atoms with E-state index < -0.39 is 0 Å². The molecule has 0 aliphatic carbocycles. The number of methoxy groups -OCH3 is 1. The van der Waals surface area contributed by atoms with Crippen molar-refractivity contribution >= 4 is 0 Å². The third kappa shape index (κ3) is 5.87. The van der Waals surface area contributed by atoms with Gasteiger partial charge in [0.05, 0.1) is 20.3 Å². The molecule has 0 aliphatic heterocycles. The summed E-state index contributed by atoms with van der Waals surface area (Å²) in [6.07, 6.45) is 1.61. The average Bonchev–Trinajstić information content (AvgIpc) is 2.61. The molecule has 0 heterocycles. The van der Waals surface area contributed by atoms with E-state index in [1.165, 1.54) is 5.56 Å². The minimum atomic E-state index is -0.0180. The highest BCUT2D eigenvalue weighted by atomic mass is 16.5. The minimum absolute atomic E-state index is 0.0180. The molecule has 4 nitrogen and oxygen atoms in total. The van der Waals surface area contributed by atoms with Gasteiger partial charge in [0, 0.05) is 19.1 Å². The van der Waals surface area contributed by atoms with Crippen LogP contribution in [0.3, 0.4) is 0 Å². The Hall–Kier alpha value is -2.04. The van der Waals surface area contributed by atoms with E-state index in [1.54, 1.807) is 7.11 Å². The zero-order valence-corrected chi connectivity index (χ0v) is 14.5. The molecule has 1 unspecified atom stereocenters. The van der Waals surface area contributed by atoms with Crippen molar-refractivity contribution in [2.24, 2.45) is 5.73 Å². The number of hydrogen-bond acceptors (Lipinski definition) is 4. The van der Waals surface area contributed by atoms with Gasteiger partial charge in [-0.2, -0.15) is 0 Å². The van der Waals surface area contributed by atoms with Crippen LogP contribution in [-0.4, -0.2) is 33.0 Å². The van der Waals surface area contributed by atoms with E-state index in [0.717, 1.165) is 29.9 Å². The molecule has 4 heteroatoms. The van der Waals surface area contributed by atoms with E-state index in [9.17, 15) is 0 Å². The molecule has 0 radical (unpaired) electrons. The molecule has 0 aromatic heterocycles. The molecule has 1 atom stereocenters. The van der Waals surface area contributed by atoms with E-state index in [0.29, 0.717) is 19.8 Å². The summed E-state index contributed by atoms with van der Waals surface area (Å²) in [5.41, 5.74) is 8.47. The Morgan fingerprint density at radius 1 is 1.00 bits per heavy atom. The van der Waals surface area contributed by atoms with E-state index in [-0.39, 0.29) is 6.04 Å². The third-order valence-corrected chi connectivity index (χ3v) is 3.75. The van der Waals surface area contributed by atoms with E-state index >= 15 is 0 Å². The van der Waals surface area contributed by atoms with Crippen LogP contribution in [0.5, 0.6) is 11.5 Å². The second-order valence-electron chi connectivity index (χ2n) is 5.69. The van der Waals surface area contributed by atoms with Crippen LogP contribution < -0.4 is 15.2 Å². The lowest BCUT2D eigenvalue weighted by atomic mass is 10.1. The van der Waals surface area contributed by atoms with E-state index in [1.807, 2.05) is 43.3 Å².